The fourth-order valence-electron chi connectivity index (χ4n) is 12.9. The summed E-state index contributed by atoms with van der Waals surface area (Å²) in [6.45, 7) is 3.50. The molecule has 0 radical (unpaired) electrons. The zero-order chi connectivity index (χ0) is 65.3. The number of rotatable bonds is 70. The lowest BCUT2D eigenvalue weighted by Crippen LogP contribution is -2.60. The van der Waals surface area contributed by atoms with Crippen LogP contribution in [0.4, 0.5) is 0 Å². The van der Waals surface area contributed by atoms with E-state index in [4.69, 9.17) is 9.47 Å². The van der Waals surface area contributed by atoms with Gasteiger partial charge in [-0.1, -0.05) is 352 Å². The first-order valence-corrected chi connectivity index (χ1v) is 39.4. The molecule has 532 valence electrons. The summed E-state index contributed by atoms with van der Waals surface area (Å²) in [4.78, 5) is 13.3. The predicted molar refractivity (Wildman–Crippen MR) is 381 cm³/mol. The molecule has 0 aromatic carbocycles. The molecule has 0 saturated carbocycles. The first-order chi connectivity index (χ1) is 44.2. The zero-order valence-corrected chi connectivity index (χ0v) is 59.1. The van der Waals surface area contributed by atoms with Crippen LogP contribution in [0.15, 0.2) is 36.5 Å². The molecule has 1 aliphatic rings. The molecule has 1 aliphatic heterocycles. The number of carbonyl (C=O) groups excluding carboxylic acids is 1. The summed E-state index contributed by atoms with van der Waals surface area (Å²) in [7, 11) is 0. The van der Waals surface area contributed by atoms with Crippen molar-refractivity contribution in [2.75, 3.05) is 13.2 Å². The van der Waals surface area contributed by atoms with E-state index in [9.17, 15) is 40.5 Å². The second kappa shape index (κ2) is 67.3. The first-order valence-electron chi connectivity index (χ1n) is 39.4. The highest BCUT2D eigenvalue weighted by Gasteiger charge is 2.44. The lowest BCUT2D eigenvalue weighted by molar-refractivity contribution is -0.303. The van der Waals surface area contributed by atoms with Gasteiger partial charge < -0.3 is 50.5 Å². The summed E-state index contributed by atoms with van der Waals surface area (Å²) in [5, 5.41) is 76.6. The van der Waals surface area contributed by atoms with Gasteiger partial charge in [-0.2, -0.15) is 0 Å². The monoisotopic (exact) mass is 1270 g/mol. The van der Waals surface area contributed by atoms with Crippen molar-refractivity contribution >= 4 is 5.91 Å². The highest BCUT2D eigenvalue weighted by atomic mass is 16.7. The van der Waals surface area contributed by atoms with Gasteiger partial charge in [0.05, 0.1) is 25.4 Å². The number of carbonyl (C=O) groups is 1. The number of aliphatic hydroxyl groups is 7. The summed E-state index contributed by atoms with van der Waals surface area (Å²) >= 11 is 0. The third-order valence-electron chi connectivity index (χ3n) is 19.1. The van der Waals surface area contributed by atoms with Crippen LogP contribution >= 0.6 is 0 Å². The molecule has 8 N–H and O–H groups in total. The van der Waals surface area contributed by atoms with E-state index in [2.05, 4.69) is 55.6 Å². The van der Waals surface area contributed by atoms with E-state index in [1.165, 1.54) is 308 Å². The van der Waals surface area contributed by atoms with Crippen LogP contribution in [0, 0.1) is 0 Å². The van der Waals surface area contributed by atoms with Crippen molar-refractivity contribution in [2.24, 2.45) is 0 Å². The van der Waals surface area contributed by atoms with Gasteiger partial charge in [-0.3, -0.25) is 4.79 Å². The van der Waals surface area contributed by atoms with Crippen molar-refractivity contribution in [1.82, 2.24) is 5.32 Å². The number of amides is 1. The molecule has 0 bridgehead atoms. The van der Waals surface area contributed by atoms with Crippen molar-refractivity contribution in [3.8, 4) is 0 Å². The van der Waals surface area contributed by atoms with Crippen LogP contribution in [0.5, 0.6) is 0 Å². The van der Waals surface area contributed by atoms with Crippen molar-refractivity contribution in [3.05, 3.63) is 36.5 Å². The average Bonchev–Trinajstić information content (AvgIpc) is 1.44. The summed E-state index contributed by atoms with van der Waals surface area (Å²) in [5.41, 5.74) is 0. The predicted octanol–water partition coefficient (Wildman–Crippen LogP) is 20.1. The Balaban J connectivity index is 2.15. The van der Waals surface area contributed by atoms with Gasteiger partial charge in [0.2, 0.25) is 5.91 Å². The van der Waals surface area contributed by atoms with E-state index in [1.807, 2.05) is 0 Å². The second-order valence-electron chi connectivity index (χ2n) is 27.8. The highest BCUT2D eigenvalue weighted by Crippen LogP contribution is 2.24. The van der Waals surface area contributed by atoms with Crippen LogP contribution in [0.25, 0.3) is 0 Å². The molecule has 1 rings (SSSR count). The molecule has 0 aromatic rings. The Bertz CT molecular complexity index is 1560. The molecule has 11 nitrogen and oxygen atoms in total. The maximum Gasteiger partial charge on any atom is 0.249 e. The van der Waals surface area contributed by atoms with E-state index in [0.717, 1.165) is 38.5 Å². The standard InChI is InChI=1S/C79H151NO10/c1-3-5-7-9-11-13-15-17-19-21-23-25-27-29-31-32-33-34-35-36-37-38-39-41-43-45-47-49-51-53-55-57-59-61-63-65-67-72(83)78(88)80-70(69-89-79-77(87)76(86)75(85)73(68-81)90-79)74(84)71(82)66-64-62-60-58-56-54-52-50-48-46-44-42-40-30-28-26-24-22-20-18-16-14-12-10-8-6-4-2/h34-35,50,52,58,60,70-77,79,81-87H,3-33,36-49,51,53-57,59,61-69H2,1-2H3,(H,80,88)/b35-34-,52-50+,60-58+. The van der Waals surface area contributed by atoms with E-state index in [0.29, 0.717) is 19.3 Å². The molecule has 0 aliphatic carbocycles. The quantitative estimate of drug-likeness (QED) is 0.0215. The molecular weight excluding hydrogens is 1120 g/mol. The zero-order valence-electron chi connectivity index (χ0n) is 59.1. The highest BCUT2D eigenvalue weighted by molar-refractivity contribution is 5.80. The van der Waals surface area contributed by atoms with Gasteiger partial charge in [-0.25, -0.2) is 0 Å². The van der Waals surface area contributed by atoms with Gasteiger partial charge in [0.1, 0.15) is 36.6 Å². The van der Waals surface area contributed by atoms with Crippen LogP contribution in [-0.2, 0) is 14.3 Å². The Labute approximate surface area is 556 Å². The molecule has 9 unspecified atom stereocenters. The third kappa shape index (κ3) is 53.6. The summed E-state index contributed by atoms with van der Waals surface area (Å²) in [6.07, 6.45) is 77.0. The summed E-state index contributed by atoms with van der Waals surface area (Å²) in [5.74, 6) is -0.704. The van der Waals surface area contributed by atoms with E-state index in [1.54, 1.807) is 0 Å². The normalized spacial score (nSPS) is 18.6. The van der Waals surface area contributed by atoms with Crippen molar-refractivity contribution < 1.29 is 50.0 Å². The maximum absolute atomic E-state index is 13.3. The maximum atomic E-state index is 13.3. The van der Waals surface area contributed by atoms with Gasteiger partial charge in [-0.05, 0) is 77.0 Å². The van der Waals surface area contributed by atoms with Gasteiger partial charge in [0, 0.05) is 0 Å². The number of hydrogen-bond acceptors (Lipinski definition) is 10. The Morgan fingerprint density at radius 1 is 0.378 bits per heavy atom. The lowest BCUT2D eigenvalue weighted by atomic mass is 9.98. The Kier molecular flexibility index (Phi) is 64.6. The number of hydrogen-bond donors (Lipinski definition) is 8. The molecule has 11 heteroatoms. The number of allylic oxidation sites excluding steroid dienone is 6. The van der Waals surface area contributed by atoms with Crippen LogP contribution in [0.2, 0.25) is 0 Å². The van der Waals surface area contributed by atoms with Crippen molar-refractivity contribution in [3.63, 3.8) is 0 Å². The fourth-order valence-corrected chi connectivity index (χ4v) is 12.9. The second-order valence-corrected chi connectivity index (χ2v) is 27.8. The van der Waals surface area contributed by atoms with Gasteiger partial charge in [-0.15, -0.1) is 0 Å². The van der Waals surface area contributed by atoms with Crippen molar-refractivity contribution in [2.45, 2.75) is 448 Å². The molecular formula is C79H151NO10. The molecule has 0 aromatic heterocycles. The SMILES string of the molecule is CCCCCCCCCCCCCCCCCC/C=C\CCCCCCCCCCCCCCCCCCC(O)C(=O)NC(COC1OC(CO)C(O)C(O)C1O)C(O)C(O)CCC/C=C/CC/C=C/CCCCCCCCCCCCCCCCCCCC. The van der Waals surface area contributed by atoms with Gasteiger partial charge in [0.15, 0.2) is 6.29 Å². The molecule has 9 atom stereocenters. The Morgan fingerprint density at radius 2 is 0.667 bits per heavy atom. The smallest absolute Gasteiger partial charge is 0.249 e. The lowest BCUT2D eigenvalue weighted by Gasteiger charge is -2.40. The number of ether oxygens (including phenoxy) is 2. The minimum Gasteiger partial charge on any atom is -0.394 e. The Hall–Kier alpha value is -1.67. The fraction of sp³-hybridized carbons (Fsp3) is 0.911. The summed E-state index contributed by atoms with van der Waals surface area (Å²) in [6, 6.07) is -1.19. The molecule has 0 spiro atoms. The topological polar surface area (TPSA) is 189 Å². The number of unbranched alkanes of at least 4 members (excludes halogenated alkanes) is 52. The van der Waals surface area contributed by atoms with Crippen LogP contribution in [0.1, 0.15) is 393 Å². The largest absolute Gasteiger partial charge is 0.394 e. The number of aliphatic hydroxyl groups excluding tert-OH is 7. The molecule has 1 saturated heterocycles. The molecule has 90 heavy (non-hydrogen) atoms. The number of nitrogens with one attached hydrogen (secondary N) is 1. The minimum absolute atomic E-state index is 0.248. The molecule has 1 heterocycles. The molecule has 1 amide bonds. The van der Waals surface area contributed by atoms with E-state index in [-0.39, 0.29) is 12.8 Å². The van der Waals surface area contributed by atoms with Crippen LogP contribution < -0.4 is 5.32 Å². The summed E-state index contributed by atoms with van der Waals surface area (Å²) < 4.78 is 11.2. The van der Waals surface area contributed by atoms with E-state index >= 15 is 0 Å². The minimum atomic E-state index is -1.67. The Morgan fingerprint density at radius 3 is 0.989 bits per heavy atom. The van der Waals surface area contributed by atoms with Crippen molar-refractivity contribution in [1.29, 1.82) is 0 Å². The van der Waals surface area contributed by atoms with Crippen LogP contribution in [-0.4, -0.2) is 110 Å². The van der Waals surface area contributed by atoms with Crippen LogP contribution in [0.3, 0.4) is 0 Å². The van der Waals surface area contributed by atoms with Gasteiger partial charge in [0.25, 0.3) is 0 Å². The first kappa shape index (κ1) is 86.3. The van der Waals surface area contributed by atoms with Gasteiger partial charge >= 0.3 is 0 Å². The molecule has 1 fully saturated rings. The van der Waals surface area contributed by atoms with E-state index < -0.39 is 74.2 Å². The average molecular weight is 1280 g/mol. The third-order valence-corrected chi connectivity index (χ3v) is 19.1.